The Morgan fingerprint density at radius 1 is 1.00 bits per heavy atom. The fourth-order valence-corrected chi connectivity index (χ4v) is 3.68. The van der Waals surface area contributed by atoms with Crippen LogP contribution in [0.2, 0.25) is 0 Å². The summed E-state index contributed by atoms with van der Waals surface area (Å²) in [6, 6.07) is 18.0. The van der Waals surface area contributed by atoms with Gasteiger partial charge in [-0.25, -0.2) is 0 Å². The molecule has 0 unspecified atom stereocenters. The van der Waals surface area contributed by atoms with Gasteiger partial charge in [-0.15, -0.1) is 0 Å². The van der Waals surface area contributed by atoms with Crippen LogP contribution in [0.4, 0.5) is 0 Å². The van der Waals surface area contributed by atoms with E-state index in [1.165, 1.54) is 11.1 Å². The van der Waals surface area contributed by atoms with Gasteiger partial charge in [0.05, 0.1) is 0 Å². The second kappa shape index (κ2) is 7.92. The lowest BCUT2D eigenvalue weighted by atomic mass is 10.1. The molecule has 0 radical (unpaired) electrons. The van der Waals surface area contributed by atoms with E-state index in [4.69, 9.17) is 0 Å². The number of fused-ring (bicyclic) bond motifs is 1. The van der Waals surface area contributed by atoms with Gasteiger partial charge in [-0.05, 0) is 67.3 Å². The molecule has 0 aliphatic carbocycles. The van der Waals surface area contributed by atoms with Crippen LogP contribution in [0.3, 0.4) is 0 Å². The molecular weight excluding hydrogens is 358 g/mol. The van der Waals surface area contributed by atoms with E-state index >= 15 is 0 Å². The topological polar surface area (TPSA) is 49.0 Å². The van der Waals surface area contributed by atoms with Gasteiger partial charge in [0.25, 0.3) is 5.91 Å². The Morgan fingerprint density at radius 3 is 2.59 bits per heavy atom. The van der Waals surface area contributed by atoms with Crippen molar-refractivity contribution in [1.82, 2.24) is 14.9 Å². The van der Waals surface area contributed by atoms with Crippen molar-refractivity contribution in [2.45, 2.75) is 33.9 Å². The number of nitrogens with one attached hydrogen (secondary N) is 1. The van der Waals surface area contributed by atoms with Crippen molar-refractivity contribution in [1.29, 1.82) is 0 Å². The molecule has 0 bridgehead atoms. The van der Waals surface area contributed by atoms with E-state index < -0.39 is 0 Å². The smallest absolute Gasteiger partial charge is 0.254 e. The summed E-state index contributed by atoms with van der Waals surface area (Å²) >= 11 is 0. The first-order chi connectivity index (χ1) is 14.0. The lowest BCUT2D eigenvalue weighted by Gasteiger charge is -2.24. The molecule has 0 fully saturated rings. The Kier molecular flexibility index (Phi) is 5.17. The second-order valence-electron chi connectivity index (χ2n) is 7.58. The molecule has 29 heavy (non-hydrogen) atoms. The molecule has 2 heterocycles. The van der Waals surface area contributed by atoms with Crippen molar-refractivity contribution in [2.75, 3.05) is 0 Å². The number of pyridine rings is 1. The summed E-state index contributed by atoms with van der Waals surface area (Å²) in [5.41, 5.74) is 7.45. The molecule has 1 amide bonds. The number of carbonyl (C=O) groups is 1. The predicted octanol–water partition coefficient (Wildman–Crippen LogP) is 5.33. The van der Waals surface area contributed by atoms with Crippen LogP contribution in [0.15, 0.2) is 67.0 Å². The van der Waals surface area contributed by atoms with Crippen LogP contribution in [0, 0.1) is 20.8 Å². The monoisotopic (exact) mass is 383 g/mol. The van der Waals surface area contributed by atoms with Crippen molar-refractivity contribution in [2.24, 2.45) is 0 Å². The van der Waals surface area contributed by atoms with Gasteiger partial charge in [0.1, 0.15) is 0 Å². The number of nitrogens with zero attached hydrogens (tertiary/aromatic N) is 2. The van der Waals surface area contributed by atoms with E-state index in [2.05, 4.69) is 42.9 Å². The highest BCUT2D eigenvalue weighted by Crippen LogP contribution is 2.24. The molecule has 0 aliphatic rings. The van der Waals surface area contributed by atoms with E-state index in [0.29, 0.717) is 18.7 Å². The van der Waals surface area contributed by atoms with Gasteiger partial charge in [-0.3, -0.25) is 9.78 Å². The summed E-state index contributed by atoms with van der Waals surface area (Å²) in [6.45, 7) is 7.31. The van der Waals surface area contributed by atoms with Crippen molar-refractivity contribution >= 4 is 16.8 Å². The van der Waals surface area contributed by atoms with E-state index in [0.717, 1.165) is 27.7 Å². The molecule has 4 rings (SSSR count). The van der Waals surface area contributed by atoms with Gasteiger partial charge in [-0.2, -0.15) is 0 Å². The van der Waals surface area contributed by atoms with Gasteiger partial charge < -0.3 is 9.88 Å². The fraction of sp³-hybridized carbons (Fsp3) is 0.200. The molecule has 0 aliphatic heterocycles. The first kappa shape index (κ1) is 18.9. The van der Waals surface area contributed by atoms with E-state index in [1.807, 2.05) is 53.6 Å². The van der Waals surface area contributed by atoms with Gasteiger partial charge in [0.15, 0.2) is 0 Å². The summed E-state index contributed by atoms with van der Waals surface area (Å²) in [5, 5.41) is 1.10. The second-order valence-corrected chi connectivity index (χ2v) is 7.58. The van der Waals surface area contributed by atoms with Gasteiger partial charge >= 0.3 is 0 Å². The zero-order valence-corrected chi connectivity index (χ0v) is 17.1. The molecule has 0 saturated carbocycles. The maximum Gasteiger partial charge on any atom is 0.254 e. The van der Waals surface area contributed by atoms with Gasteiger partial charge in [0.2, 0.25) is 0 Å². The standard InChI is InChI=1S/C25H25N3O/c1-17-7-4-5-9-22(17)16-28(15-20-8-6-12-26-14-20)25(29)21-10-11-24-23(13-21)18(2)19(3)27-24/h4-14,27H,15-16H2,1-3H3. The number of aromatic amines is 1. The summed E-state index contributed by atoms with van der Waals surface area (Å²) in [7, 11) is 0. The number of H-pyrrole nitrogens is 1. The quantitative estimate of drug-likeness (QED) is 0.506. The average molecular weight is 383 g/mol. The van der Waals surface area contributed by atoms with Crippen LogP contribution >= 0.6 is 0 Å². The van der Waals surface area contributed by atoms with Gasteiger partial charge in [-0.1, -0.05) is 30.3 Å². The maximum absolute atomic E-state index is 13.5. The molecule has 146 valence electrons. The zero-order chi connectivity index (χ0) is 20.4. The Balaban J connectivity index is 1.70. The minimum atomic E-state index is 0.0252. The molecule has 1 N–H and O–H groups in total. The average Bonchev–Trinajstić information content (AvgIpc) is 3.02. The first-order valence-electron chi connectivity index (χ1n) is 9.84. The minimum Gasteiger partial charge on any atom is -0.358 e. The van der Waals surface area contributed by atoms with E-state index in [1.54, 1.807) is 6.20 Å². The van der Waals surface area contributed by atoms with Crippen LogP contribution in [0.25, 0.3) is 10.9 Å². The lowest BCUT2D eigenvalue weighted by Crippen LogP contribution is -2.30. The Bertz CT molecular complexity index is 1160. The van der Waals surface area contributed by atoms with Crippen LogP contribution in [-0.2, 0) is 13.1 Å². The van der Waals surface area contributed by atoms with Crippen molar-refractivity contribution in [3.8, 4) is 0 Å². The number of aromatic nitrogens is 2. The van der Waals surface area contributed by atoms with Crippen LogP contribution in [-0.4, -0.2) is 20.8 Å². The highest BCUT2D eigenvalue weighted by atomic mass is 16.2. The third-order valence-electron chi connectivity index (χ3n) is 5.56. The number of hydrogen-bond acceptors (Lipinski definition) is 2. The summed E-state index contributed by atoms with van der Waals surface area (Å²) < 4.78 is 0. The SMILES string of the molecule is Cc1ccccc1CN(Cc1cccnc1)C(=O)c1ccc2[nH]c(C)c(C)c2c1. The predicted molar refractivity (Wildman–Crippen MR) is 117 cm³/mol. The molecule has 4 aromatic rings. The number of aryl methyl sites for hydroxylation is 3. The van der Waals surface area contributed by atoms with Crippen molar-refractivity contribution < 1.29 is 4.79 Å². The van der Waals surface area contributed by atoms with Crippen LogP contribution in [0.5, 0.6) is 0 Å². The Hall–Kier alpha value is -3.40. The minimum absolute atomic E-state index is 0.0252. The fourth-order valence-electron chi connectivity index (χ4n) is 3.68. The largest absolute Gasteiger partial charge is 0.358 e. The summed E-state index contributed by atoms with van der Waals surface area (Å²) in [6.07, 6.45) is 3.57. The number of carbonyl (C=O) groups excluding carboxylic acids is 1. The molecule has 2 aromatic heterocycles. The third kappa shape index (κ3) is 3.92. The number of hydrogen-bond donors (Lipinski definition) is 1. The van der Waals surface area contributed by atoms with Crippen molar-refractivity contribution in [3.63, 3.8) is 0 Å². The van der Waals surface area contributed by atoms with E-state index in [-0.39, 0.29) is 5.91 Å². The summed E-state index contributed by atoms with van der Waals surface area (Å²) in [4.78, 5) is 23.0. The molecule has 4 nitrogen and oxygen atoms in total. The molecule has 0 saturated heterocycles. The first-order valence-corrected chi connectivity index (χ1v) is 9.84. The number of rotatable bonds is 5. The van der Waals surface area contributed by atoms with Gasteiger partial charge in [0, 0.05) is 47.6 Å². The number of benzene rings is 2. The molecular formula is C25H25N3O. The normalized spacial score (nSPS) is 11.0. The Labute approximate surface area is 171 Å². The third-order valence-corrected chi connectivity index (χ3v) is 5.56. The van der Waals surface area contributed by atoms with Crippen LogP contribution < -0.4 is 0 Å². The number of amides is 1. The van der Waals surface area contributed by atoms with E-state index in [9.17, 15) is 4.79 Å². The molecule has 2 aromatic carbocycles. The molecule has 0 spiro atoms. The molecule has 0 atom stereocenters. The highest BCUT2D eigenvalue weighted by Gasteiger charge is 2.19. The lowest BCUT2D eigenvalue weighted by molar-refractivity contribution is 0.0730. The highest BCUT2D eigenvalue weighted by molar-refractivity contribution is 5.99. The summed E-state index contributed by atoms with van der Waals surface area (Å²) in [5.74, 6) is 0.0252. The Morgan fingerprint density at radius 2 is 1.83 bits per heavy atom. The van der Waals surface area contributed by atoms with Crippen LogP contribution in [0.1, 0.15) is 38.3 Å². The maximum atomic E-state index is 13.5. The van der Waals surface area contributed by atoms with Crippen molar-refractivity contribution in [3.05, 3.63) is 101 Å². The zero-order valence-electron chi connectivity index (χ0n) is 17.1. The molecule has 4 heteroatoms.